The van der Waals surface area contributed by atoms with Crippen LogP contribution >= 0.6 is 34.5 Å². The zero-order chi connectivity index (χ0) is 19.4. The summed E-state index contributed by atoms with van der Waals surface area (Å²) in [5, 5.41) is 10.6. The number of carbonyl (C=O) groups excluding carboxylic acids is 1. The molecular formula is C16H12Cl2N4O3S2. The molecule has 0 atom stereocenters. The van der Waals surface area contributed by atoms with Gasteiger partial charge >= 0.3 is 0 Å². The van der Waals surface area contributed by atoms with E-state index in [1.54, 1.807) is 48.5 Å². The summed E-state index contributed by atoms with van der Waals surface area (Å²) >= 11 is 12.7. The van der Waals surface area contributed by atoms with Gasteiger partial charge in [0.25, 0.3) is 15.9 Å². The van der Waals surface area contributed by atoms with Crippen molar-refractivity contribution >= 4 is 55.6 Å². The highest BCUT2D eigenvalue weighted by atomic mass is 35.5. The topological polar surface area (TPSA) is 101 Å². The van der Waals surface area contributed by atoms with Crippen molar-refractivity contribution in [1.82, 2.24) is 14.9 Å². The molecule has 140 valence electrons. The van der Waals surface area contributed by atoms with Gasteiger partial charge < -0.3 is 0 Å². The average molecular weight is 443 g/mol. The molecule has 0 unspecified atom stereocenters. The lowest BCUT2D eigenvalue weighted by molar-refractivity contribution is 0.102. The van der Waals surface area contributed by atoms with Gasteiger partial charge in [-0.3, -0.25) is 10.1 Å². The van der Waals surface area contributed by atoms with Crippen LogP contribution in [-0.4, -0.2) is 24.5 Å². The Balaban J connectivity index is 1.70. The van der Waals surface area contributed by atoms with E-state index in [-0.39, 0.29) is 26.6 Å². The number of halogens is 2. The van der Waals surface area contributed by atoms with Gasteiger partial charge in [-0.25, -0.2) is 13.1 Å². The number of anilines is 1. The van der Waals surface area contributed by atoms with E-state index in [0.29, 0.717) is 10.6 Å². The van der Waals surface area contributed by atoms with Crippen LogP contribution in [0.25, 0.3) is 0 Å². The van der Waals surface area contributed by atoms with Crippen molar-refractivity contribution in [3.05, 3.63) is 69.7 Å². The molecule has 0 radical (unpaired) electrons. The van der Waals surface area contributed by atoms with Crippen LogP contribution in [0.15, 0.2) is 52.9 Å². The predicted octanol–water partition coefficient (Wildman–Crippen LogP) is 3.58. The van der Waals surface area contributed by atoms with Crippen LogP contribution in [0.1, 0.15) is 15.9 Å². The van der Waals surface area contributed by atoms with Gasteiger partial charge in [-0.1, -0.05) is 64.9 Å². The molecular weight excluding hydrogens is 431 g/mol. The van der Waals surface area contributed by atoms with E-state index >= 15 is 0 Å². The molecule has 27 heavy (non-hydrogen) atoms. The quantitative estimate of drug-likeness (QED) is 0.568. The molecule has 0 saturated heterocycles. The number of aromatic nitrogens is 2. The summed E-state index contributed by atoms with van der Waals surface area (Å²) in [4.78, 5) is 12.2. The third-order valence-corrected chi connectivity index (χ3v) is 6.69. The van der Waals surface area contributed by atoms with Crippen molar-refractivity contribution in [1.29, 1.82) is 0 Å². The Morgan fingerprint density at radius 3 is 2.37 bits per heavy atom. The van der Waals surface area contributed by atoms with Gasteiger partial charge in [-0.2, -0.15) is 0 Å². The lowest BCUT2D eigenvalue weighted by Gasteiger charge is -2.05. The summed E-state index contributed by atoms with van der Waals surface area (Å²) in [5.74, 6) is -0.510. The fraction of sp³-hybridized carbons (Fsp3) is 0.0625. The van der Waals surface area contributed by atoms with Crippen LogP contribution in [0.4, 0.5) is 5.13 Å². The molecule has 11 heteroatoms. The first kappa shape index (κ1) is 19.7. The van der Waals surface area contributed by atoms with Gasteiger partial charge in [0.15, 0.2) is 0 Å². The molecule has 0 spiro atoms. The Bertz CT molecular complexity index is 1090. The van der Waals surface area contributed by atoms with E-state index in [1.807, 2.05) is 0 Å². The number of hydrogen-bond acceptors (Lipinski definition) is 6. The summed E-state index contributed by atoms with van der Waals surface area (Å²) < 4.78 is 26.8. The second kappa shape index (κ2) is 8.32. The Morgan fingerprint density at radius 1 is 1.00 bits per heavy atom. The molecule has 0 fully saturated rings. The molecule has 0 bridgehead atoms. The molecule has 0 aliphatic carbocycles. The Morgan fingerprint density at radius 2 is 1.67 bits per heavy atom. The smallest absolute Gasteiger partial charge is 0.270 e. The summed E-state index contributed by atoms with van der Waals surface area (Å²) in [6, 6.07) is 13.3. The summed E-state index contributed by atoms with van der Waals surface area (Å²) in [5.41, 5.74) is 0.870. The second-order valence-corrected chi connectivity index (χ2v) is 8.96. The third kappa shape index (κ3) is 4.82. The van der Waals surface area contributed by atoms with Gasteiger partial charge in [0.05, 0.1) is 10.6 Å². The standard InChI is InChI=1S/C16H12Cl2N4O3S2/c17-12-7-3-1-5-10(12)9-19-27(24,25)16-22-21-15(26-16)20-14(23)11-6-2-4-8-13(11)18/h1-8,19H,9H2,(H,20,21,23). The molecule has 0 saturated carbocycles. The SMILES string of the molecule is O=C(Nc1nnc(S(=O)(=O)NCc2ccccc2Cl)s1)c1ccccc1Cl. The molecule has 7 nitrogen and oxygen atoms in total. The molecule has 3 rings (SSSR count). The van der Waals surface area contributed by atoms with Crippen molar-refractivity contribution in [2.75, 3.05) is 5.32 Å². The predicted molar refractivity (Wildman–Crippen MR) is 105 cm³/mol. The highest BCUT2D eigenvalue weighted by molar-refractivity contribution is 7.91. The maximum atomic E-state index is 12.4. The molecule has 3 aromatic rings. The molecule has 1 aromatic heterocycles. The average Bonchev–Trinajstić information content (AvgIpc) is 3.11. The van der Waals surface area contributed by atoms with E-state index in [0.717, 1.165) is 11.3 Å². The monoisotopic (exact) mass is 442 g/mol. The summed E-state index contributed by atoms with van der Waals surface area (Å²) in [6.45, 7) is 0.00288. The highest BCUT2D eigenvalue weighted by Crippen LogP contribution is 2.23. The maximum Gasteiger partial charge on any atom is 0.270 e. The van der Waals surface area contributed by atoms with Gasteiger partial charge in [0.2, 0.25) is 9.47 Å². The van der Waals surface area contributed by atoms with Crippen LogP contribution in [-0.2, 0) is 16.6 Å². The highest BCUT2D eigenvalue weighted by Gasteiger charge is 2.21. The first-order valence-electron chi connectivity index (χ1n) is 7.49. The number of carbonyl (C=O) groups is 1. The number of nitrogens with one attached hydrogen (secondary N) is 2. The van der Waals surface area contributed by atoms with E-state index in [2.05, 4.69) is 20.2 Å². The van der Waals surface area contributed by atoms with Crippen molar-refractivity contribution < 1.29 is 13.2 Å². The van der Waals surface area contributed by atoms with Crippen molar-refractivity contribution in [3.63, 3.8) is 0 Å². The van der Waals surface area contributed by atoms with Crippen LogP contribution in [0.5, 0.6) is 0 Å². The Labute approximate surface area is 169 Å². The second-order valence-electron chi connectivity index (χ2n) is 5.22. The van der Waals surface area contributed by atoms with Crippen molar-refractivity contribution in [3.8, 4) is 0 Å². The van der Waals surface area contributed by atoms with Crippen LogP contribution in [0, 0.1) is 0 Å². The minimum absolute atomic E-state index is 0.00288. The molecule has 0 aliphatic rings. The van der Waals surface area contributed by atoms with Gasteiger partial charge in [-0.15, -0.1) is 10.2 Å². The van der Waals surface area contributed by atoms with E-state index in [1.165, 1.54) is 0 Å². The first-order valence-corrected chi connectivity index (χ1v) is 10.5. The Kier molecular flexibility index (Phi) is 6.08. The number of sulfonamides is 1. The van der Waals surface area contributed by atoms with Crippen LogP contribution in [0.2, 0.25) is 10.0 Å². The van der Waals surface area contributed by atoms with E-state index < -0.39 is 15.9 Å². The fourth-order valence-electron chi connectivity index (χ4n) is 2.05. The molecule has 2 aromatic carbocycles. The van der Waals surface area contributed by atoms with Crippen molar-refractivity contribution in [2.45, 2.75) is 10.9 Å². The van der Waals surface area contributed by atoms with Crippen LogP contribution < -0.4 is 10.0 Å². The first-order chi connectivity index (χ1) is 12.9. The fourth-order valence-corrected chi connectivity index (χ4v) is 4.42. The maximum absolute atomic E-state index is 12.4. The molecule has 0 aliphatic heterocycles. The van der Waals surface area contributed by atoms with Gasteiger partial charge in [0.1, 0.15) is 0 Å². The van der Waals surface area contributed by atoms with Gasteiger partial charge in [0, 0.05) is 11.6 Å². The minimum atomic E-state index is -3.90. The number of hydrogen-bond donors (Lipinski definition) is 2. The van der Waals surface area contributed by atoms with E-state index in [9.17, 15) is 13.2 Å². The molecule has 1 amide bonds. The van der Waals surface area contributed by atoms with Gasteiger partial charge in [-0.05, 0) is 23.8 Å². The zero-order valence-electron chi connectivity index (χ0n) is 13.5. The molecule has 1 heterocycles. The van der Waals surface area contributed by atoms with Crippen molar-refractivity contribution in [2.24, 2.45) is 0 Å². The lowest BCUT2D eigenvalue weighted by atomic mass is 10.2. The van der Waals surface area contributed by atoms with E-state index in [4.69, 9.17) is 23.2 Å². The third-order valence-electron chi connectivity index (χ3n) is 3.39. The molecule has 2 N–H and O–H groups in total. The zero-order valence-corrected chi connectivity index (χ0v) is 16.7. The van der Waals surface area contributed by atoms with Crippen LogP contribution in [0.3, 0.4) is 0 Å². The minimum Gasteiger partial charge on any atom is -0.296 e. The number of rotatable bonds is 6. The number of amides is 1. The number of nitrogens with zero attached hydrogens (tertiary/aromatic N) is 2. The largest absolute Gasteiger partial charge is 0.296 e. The summed E-state index contributed by atoms with van der Waals surface area (Å²) in [7, 11) is -3.90. The summed E-state index contributed by atoms with van der Waals surface area (Å²) in [6.07, 6.45) is 0. The number of benzene rings is 2. The normalized spacial score (nSPS) is 11.3. The lowest BCUT2D eigenvalue weighted by Crippen LogP contribution is -2.23. The Hall–Kier alpha value is -2.04.